The monoisotopic (exact) mass is 291 g/mol. The molecule has 1 aliphatic carbocycles. The molecule has 4 nitrogen and oxygen atoms in total. The minimum Gasteiger partial charge on any atom is -0.345 e. The summed E-state index contributed by atoms with van der Waals surface area (Å²) in [4.78, 5) is 22.9. The Labute approximate surface area is 123 Å². The fourth-order valence-corrected chi connectivity index (χ4v) is 4.87. The SMILES string of the molecule is O=C1CCCc2sc(N3CCN4CCCCC4C3)nc21. The standard InChI is InChI=1S/C15H21N3OS/c19-12-5-3-6-13-14(12)16-15(20-13)18-9-8-17-7-2-1-4-11(17)10-18/h11H,1-10H2. The zero-order chi connectivity index (χ0) is 13.5. The largest absolute Gasteiger partial charge is 0.345 e. The number of hydrogen-bond acceptors (Lipinski definition) is 5. The Bertz CT molecular complexity index is 527. The van der Waals surface area contributed by atoms with Crippen LogP contribution in [-0.4, -0.2) is 47.9 Å². The molecule has 0 bridgehead atoms. The van der Waals surface area contributed by atoms with Crippen molar-refractivity contribution < 1.29 is 4.79 Å². The molecule has 2 aliphatic heterocycles. The van der Waals surface area contributed by atoms with Crippen LogP contribution in [0.15, 0.2) is 0 Å². The predicted molar refractivity (Wildman–Crippen MR) is 80.8 cm³/mol. The van der Waals surface area contributed by atoms with Gasteiger partial charge in [-0.05, 0) is 32.2 Å². The summed E-state index contributed by atoms with van der Waals surface area (Å²) < 4.78 is 0. The summed E-state index contributed by atoms with van der Waals surface area (Å²) in [6.45, 7) is 4.59. The second-order valence-electron chi connectivity index (χ2n) is 6.18. The van der Waals surface area contributed by atoms with Crippen molar-refractivity contribution in [1.82, 2.24) is 9.88 Å². The smallest absolute Gasteiger partial charge is 0.186 e. The maximum absolute atomic E-state index is 11.9. The fraction of sp³-hybridized carbons (Fsp3) is 0.733. The van der Waals surface area contributed by atoms with Crippen LogP contribution in [-0.2, 0) is 6.42 Å². The highest BCUT2D eigenvalue weighted by Crippen LogP contribution is 2.33. The van der Waals surface area contributed by atoms with Crippen molar-refractivity contribution in [3.8, 4) is 0 Å². The van der Waals surface area contributed by atoms with E-state index in [0.717, 1.165) is 43.3 Å². The molecule has 0 N–H and O–H groups in total. The van der Waals surface area contributed by atoms with Crippen LogP contribution >= 0.6 is 11.3 Å². The van der Waals surface area contributed by atoms with Gasteiger partial charge in [-0.15, -0.1) is 11.3 Å². The van der Waals surface area contributed by atoms with Crippen molar-refractivity contribution >= 4 is 22.3 Å². The van der Waals surface area contributed by atoms with Gasteiger partial charge in [-0.3, -0.25) is 9.69 Å². The number of ketones is 1. The molecule has 2 saturated heterocycles. The average Bonchev–Trinajstić information content (AvgIpc) is 2.92. The van der Waals surface area contributed by atoms with Crippen molar-refractivity contribution in [1.29, 1.82) is 0 Å². The highest BCUT2D eigenvalue weighted by Gasteiger charge is 2.31. The molecule has 0 saturated carbocycles. The maximum Gasteiger partial charge on any atom is 0.186 e. The third-order valence-electron chi connectivity index (χ3n) is 4.87. The summed E-state index contributed by atoms with van der Waals surface area (Å²) in [6, 6.07) is 0.703. The predicted octanol–water partition coefficient (Wildman–Crippen LogP) is 2.34. The van der Waals surface area contributed by atoms with Crippen molar-refractivity contribution in [2.24, 2.45) is 0 Å². The molecule has 5 heteroatoms. The van der Waals surface area contributed by atoms with Crippen molar-refractivity contribution in [2.45, 2.75) is 44.6 Å². The fourth-order valence-electron chi connectivity index (χ4n) is 3.72. The molecule has 1 aromatic rings. The van der Waals surface area contributed by atoms with Gasteiger partial charge in [-0.25, -0.2) is 4.98 Å². The van der Waals surface area contributed by atoms with Crippen LogP contribution in [0.25, 0.3) is 0 Å². The first-order chi connectivity index (χ1) is 9.81. The summed E-state index contributed by atoms with van der Waals surface area (Å²) in [5, 5.41) is 1.09. The van der Waals surface area contributed by atoms with Gasteiger partial charge in [0, 0.05) is 37.0 Å². The van der Waals surface area contributed by atoms with Gasteiger partial charge in [0.15, 0.2) is 10.9 Å². The summed E-state index contributed by atoms with van der Waals surface area (Å²) in [7, 11) is 0. The first-order valence-corrected chi connectivity index (χ1v) is 8.65. The number of hydrogen-bond donors (Lipinski definition) is 0. The number of piperidine rings is 1. The van der Waals surface area contributed by atoms with Gasteiger partial charge in [0.1, 0.15) is 5.69 Å². The van der Waals surface area contributed by atoms with E-state index in [0.29, 0.717) is 12.5 Å². The molecule has 108 valence electrons. The van der Waals surface area contributed by atoms with Crippen LogP contribution in [0.3, 0.4) is 0 Å². The van der Waals surface area contributed by atoms with E-state index >= 15 is 0 Å². The van der Waals surface area contributed by atoms with Crippen LogP contribution in [0.5, 0.6) is 0 Å². The highest BCUT2D eigenvalue weighted by molar-refractivity contribution is 7.16. The molecule has 2 fully saturated rings. The molecule has 3 aliphatic rings. The zero-order valence-electron chi connectivity index (χ0n) is 11.8. The van der Waals surface area contributed by atoms with Crippen molar-refractivity contribution in [3.05, 3.63) is 10.6 Å². The van der Waals surface area contributed by atoms with Gasteiger partial charge >= 0.3 is 0 Å². The number of anilines is 1. The van der Waals surface area contributed by atoms with Gasteiger partial charge < -0.3 is 4.90 Å². The third-order valence-corrected chi connectivity index (χ3v) is 6.04. The summed E-state index contributed by atoms with van der Waals surface area (Å²) >= 11 is 1.76. The molecular weight excluding hydrogens is 270 g/mol. The number of thiazole rings is 1. The molecule has 0 amide bonds. The van der Waals surface area contributed by atoms with E-state index in [1.165, 1.54) is 30.7 Å². The van der Waals surface area contributed by atoms with Gasteiger partial charge in [-0.2, -0.15) is 0 Å². The van der Waals surface area contributed by atoms with Gasteiger partial charge in [0.05, 0.1) is 0 Å². The number of nitrogens with zero attached hydrogens (tertiary/aromatic N) is 3. The summed E-state index contributed by atoms with van der Waals surface area (Å²) in [5.41, 5.74) is 0.780. The Hall–Kier alpha value is -0.940. The number of Topliss-reactive ketones (excluding diaryl/α,β-unsaturated/α-hetero) is 1. The lowest BCUT2D eigenvalue weighted by atomic mass is 10.00. The normalized spacial score (nSPS) is 27.3. The van der Waals surface area contributed by atoms with Gasteiger partial charge in [0.25, 0.3) is 0 Å². The number of rotatable bonds is 1. The molecular formula is C15H21N3OS. The second-order valence-corrected chi connectivity index (χ2v) is 7.24. The van der Waals surface area contributed by atoms with E-state index in [9.17, 15) is 4.79 Å². The first kappa shape index (κ1) is 12.8. The Morgan fingerprint density at radius 1 is 1.10 bits per heavy atom. The lowest BCUT2D eigenvalue weighted by Gasteiger charge is -2.44. The number of fused-ring (bicyclic) bond motifs is 2. The third kappa shape index (κ3) is 2.17. The van der Waals surface area contributed by atoms with E-state index in [-0.39, 0.29) is 5.78 Å². The van der Waals surface area contributed by atoms with Crippen LogP contribution in [0.4, 0.5) is 5.13 Å². The van der Waals surface area contributed by atoms with Gasteiger partial charge in [-0.1, -0.05) is 6.42 Å². The maximum atomic E-state index is 11.9. The van der Waals surface area contributed by atoms with E-state index < -0.39 is 0 Å². The van der Waals surface area contributed by atoms with E-state index in [4.69, 9.17) is 0 Å². The van der Waals surface area contributed by atoms with E-state index in [1.54, 1.807) is 11.3 Å². The second kappa shape index (κ2) is 5.11. The molecule has 20 heavy (non-hydrogen) atoms. The molecule has 3 heterocycles. The Kier molecular flexibility index (Phi) is 3.27. The first-order valence-electron chi connectivity index (χ1n) is 7.83. The minimum atomic E-state index is 0.255. The molecule has 4 rings (SSSR count). The van der Waals surface area contributed by atoms with E-state index in [2.05, 4.69) is 14.8 Å². The Balaban J connectivity index is 1.54. The molecule has 0 spiro atoms. The van der Waals surface area contributed by atoms with E-state index in [1.807, 2.05) is 0 Å². The average molecular weight is 291 g/mol. The lowest BCUT2D eigenvalue weighted by Crippen LogP contribution is -2.54. The molecule has 0 aromatic carbocycles. The van der Waals surface area contributed by atoms with Crippen LogP contribution in [0.2, 0.25) is 0 Å². The molecule has 1 unspecified atom stereocenters. The quantitative estimate of drug-likeness (QED) is 0.796. The Morgan fingerprint density at radius 2 is 2.05 bits per heavy atom. The molecule has 1 atom stereocenters. The topological polar surface area (TPSA) is 36.4 Å². The molecule has 0 radical (unpaired) electrons. The van der Waals surface area contributed by atoms with Gasteiger partial charge in [0.2, 0.25) is 0 Å². The zero-order valence-corrected chi connectivity index (χ0v) is 12.6. The number of aryl methyl sites for hydroxylation is 1. The highest BCUT2D eigenvalue weighted by atomic mass is 32.1. The summed E-state index contributed by atoms with van der Waals surface area (Å²) in [5.74, 6) is 0.255. The van der Waals surface area contributed by atoms with Crippen LogP contribution in [0.1, 0.15) is 47.5 Å². The minimum absolute atomic E-state index is 0.255. The number of aromatic nitrogens is 1. The number of piperazine rings is 1. The summed E-state index contributed by atoms with van der Waals surface area (Å²) in [6.07, 6.45) is 6.78. The van der Waals surface area contributed by atoms with Crippen LogP contribution in [0, 0.1) is 0 Å². The molecule has 1 aromatic heterocycles. The number of carbonyl (C=O) groups excluding carboxylic acids is 1. The lowest BCUT2D eigenvalue weighted by molar-refractivity contribution is 0.0968. The number of carbonyl (C=O) groups is 1. The van der Waals surface area contributed by atoms with Crippen molar-refractivity contribution in [2.75, 3.05) is 31.1 Å². The Morgan fingerprint density at radius 3 is 2.95 bits per heavy atom. The van der Waals surface area contributed by atoms with Crippen LogP contribution < -0.4 is 4.90 Å². The van der Waals surface area contributed by atoms with Crippen molar-refractivity contribution in [3.63, 3.8) is 0 Å².